The van der Waals surface area contributed by atoms with E-state index in [-0.39, 0.29) is 18.0 Å². The van der Waals surface area contributed by atoms with Gasteiger partial charge in [-0.25, -0.2) is 0 Å². The summed E-state index contributed by atoms with van der Waals surface area (Å²) in [5.41, 5.74) is 3.07. The topological polar surface area (TPSA) is 72.5 Å². The summed E-state index contributed by atoms with van der Waals surface area (Å²) in [4.78, 5) is 13.9. The van der Waals surface area contributed by atoms with E-state index in [4.69, 9.17) is 28.4 Å². The Hall–Kier alpha value is -3.17. The first-order chi connectivity index (χ1) is 21.4. The smallest absolute Gasteiger partial charge is 0.186 e. The lowest BCUT2D eigenvalue weighted by atomic mass is 9.90. The van der Waals surface area contributed by atoms with Crippen molar-refractivity contribution in [1.82, 2.24) is 0 Å². The van der Waals surface area contributed by atoms with E-state index in [1.807, 2.05) is 105 Å². The van der Waals surface area contributed by atoms with Crippen molar-refractivity contribution in [2.24, 2.45) is 0 Å². The van der Waals surface area contributed by atoms with Gasteiger partial charge in [-0.3, -0.25) is 4.79 Å². The van der Waals surface area contributed by atoms with Crippen LogP contribution in [0, 0.1) is 0 Å². The number of carbonyl (C=O) groups is 1. The number of benzene rings is 3. The lowest BCUT2D eigenvalue weighted by molar-refractivity contribution is -0.259. The van der Waals surface area contributed by atoms with Gasteiger partial charge in [0.05, 0.1) is 32.5 Å². The van der Waals surface area contributed by atoms with Crippen LogP contribution in [-0.4, -0.2) is 54.8 Å². The molecule has 7 heteroatoms. The number of ether oxygens (including phenoxy) is 6. The number of hydrogen-bond donors (Lipinski definition) is 0. The molecule has 3 aromatic carbocycles. The summed E-state index contributed by atoms with van der Waals surface area (Å²) in [6.07, 6.45) is 1.53. The average molecular weight is 601 g/mol. The first-order valence-corrected chi connectivity index (χ1v) is 15.6. The van der Waals surface area contributed by atoms with Gasteiger partial charge in [0.1, 0.15) is 30.5 Å². The zero-order chi connectivity index (χ0) is 30.8. The predicted molar refractivity (Wildman–Crippen MR) is 168 cm³/mol. The molecule has 0 aromatic heterocycles. The van der Waals surface area contributed by atoms with Gasteiger partial charge in [0.15, 0.2) is 11.6 Å². The average Bonchev–Trinajstić information content (AvgIpc) is 3.40. The Morgan fingerprint density at radius 2 is 1.27 bits per heavy atom. The van der Waals surface area contributed by atoms with Crippen LogP contribution < -0.4 is 0 Å². The highest BCUT2D eigenvalue weighted by molar-refractivity contribution is 5.94. The van der Waals surface area contributed by atoms with Crippen LogP contribution >= 0.6 is 0 Å². The molecule has 0 spiro atoms. The summed E-state index contributed by atoms with van der Waals surface area (Å²) < 4.78 is 38.1. The molecule has 0 bridgehead atoms. The fourth-order valence-corrected chi connectivity index (χ4v) is 5.64. The molecule has 2 aliphatic heterocycles. The zero-order valence-corrected chi connectivity index (χ0v) is 25.9. The van der Waals surface area contributed by atoms with Gasteiger partial charge >= 0.3 is 0 Å². The van der Waals surface area contributed by atoms with E-state index < -0.39 is 30.2 Å². The molecule has 0 N–H and O–H groups in total. The SMILES string of the molecule is CCCC1O[C@H](C(=O)/C=C/[C@H]2COC(C)(C)O2)[C@@H](OCc2ccccc2)[C@H](OCc2ccccc2)[C@H]1OCc1ccccc1. The Balaban J connectivity index is 1.44. The van der Waals surface area contributed by atoms with Gasteiger partial charge in [0.2, 0.25) is 0 Å². The quantitative estimate of drug-likeness (QED) is 0.193. The zero-order valence-electron chi connectivity index (χ0n) is 25.9. The van der Waals surface area contributed by atoms with Gasteiger partial charge in [0, 0.05) is 0 Å². The van der Waals surface area contributed by atoms with Gasteiger partial charge in [-0.05, 0) is 49.1 Å². The lowest BCUT2D eigenvalue weighted by Crippen LogP contribution is -2.61. The van der Waals surface area contributed by atoms with E-state index in [0.29, 0.717) is 32.8 Å². The molecule has 6 atom stereocenters. The highest BCUT2D eigenvalue weighted by atomic mass is 16.7. The Morgan fingerprint density at radius 1 is 0.773 bits per heavy atom. The summed E-state index contributed by atoms with van der Waals surface area (Å²) in [7, 11) is 0. The third kappa shape index (κ3) is 8.94. The predicted octanol–water partition coefficient (Wildman–Crippen LogP) is 6.59. The summed E-state index contributed by atoms with van der Waals surface area (Å²) in [5.74, 6) is -0.889. The maximum Gasteiger partial charge on any atom is 0.186 e. The van der Waals surface area contributed by atoms with Crippen molar-refractivity contribution in [3.8, 4) is 0 Å². The molecule has 0 amide bonds. The van der Waals surface area contributed by atoms with Crippen molar-refractivity contribution >= 4 is 5.78 Å². The third-order valence-corrected chi connectivity index (χ3v) is 7.85. The number of ketones is 1. The summed E-state index contributed by atoms with van der Waals surface area (Å²) in [6.45, 7) is 7.24. The molecule has 5 rings (SSSR count). The van der Waals surface area contributed by atoms with Crippen LogP contribution in [0.15, 0.2) is 103 Å². The molecule has 0 aliphatic carbocycles. The van der Waals surface area contributed by atoms with Crippen molar-refractivity contribution in [1.29, 1.82) is 0 Å². The van der Waals surface area contributed by atoms with Gasteiger partial charge in [-0.2, -0.15) is 0 Å². The van der Waals surface area contributed by atoms with Crippen LogP contribution in [-0.2, 0) is 53.0 Å². The summed E-state index contributed by atoms with van der Waals surface area (Å²) >= 11 is 0. The van der Waals surface area contributed by atoms with E-state index in [2.05, 4.69) is 6.92 Å². The molecule has 1 unspecified atom stereocenters. The highest BCUT2D eigenvalue weighted by Gasteiger charge is 2.50. The number of hydrogen-bond acceptors (Lipinski definition) is 7. The first kappa shape index (κ1) is 32.2. The van der Waals surface area contributed by atoms with Crippen LogP contribution in [0.1, 0.15) is 50.3 Å². The minimum Gasteiger partial charge on any atom is -0.368 e. The van der Waals surface area contributed by atoms with E-state index in [9.17, 15) is 4.79 Å². The van der Waals surface area contributed by atoms with E-state index in [1.54, 1.807) is 12.2 Å². The molecule has 2 fully saturated rings. The molecular formula is C37H44O7. The normalized spacial score (nSPS) is 26.6. The van der Waals surface area contributed by atoms with Crippen molar-refractivity contribution < 1.29 is 33.2 Å². The number of rotatable bonds is 14. The second-order valence-electron chi connectivity index (χ2n) is 11.8. The van der Waals surface area contributed by atoms with Gasteiger partial charge < -0.3 is 28.4 Å². The molecule has 2 saturated heterocycles. The molecule has 0 saturated carbocycles. The molecule has 0 radical (unpaired) electrons. The van der Waals surface area contributed by atoms with Crippen LogP contribution in [0.2, 0.25) is 0 Å². The van der Waals surface area contributed by atoms with Crippen molar-refractivity contribution in [3.63, 3.8) is 0 Å². The van der Waals surface area contributed by atoms with Crippen molar-refractivity contribution in [2.75, 3.05) is 6.61 Å². The minimum absolute atomic E-state index is 0.202. The summed E-state index contributed by atoms with van der Waals surface area (Å²) in [5, 5.41) is 0. The first-order valence-electron chi connectivity index (χ1n) is 15.6. The Labute approximate surface area is 261 Å². The molecular weight excluding hydrogens is 556 g/mol. The van der Waals surface area contributed by atoms with Crippen molar-refractivity contribution in [2.45, 2.75) is 95.8 Å². The van der Waals surface area contributed by atoms with Crippen molar-refractivity contribution in [3.05, 3.63) is 120 Å². The fraction of sp³-hybridized carbons (Fsp3) is 0.432. The van der Waals surface area contributed by atoms with Crippen LogP contribution in [0.4, 0.5) is 0 Å². The molecule has 234 valence electrons. The largest absolute Gasteiger partial charge is 0.368 e. The Kier molecular flexibility index (Phi) is 11.5. The maximum atomic E-state index is 13.9. The van der Waals surface area contributed by atoms with Crippen LogP contribution in [0.3, 0.4) is 0 Å². The second-order valence-corrected chi connectivity index (χ2v) is 11.8. The van der Waals surface area contributed by atoms with E-state index in [0.717, 1.165) is 23.1 Å². The molecule has 3 aromatic rings. The molecule has 2 heterocycles. The van der Waals surface area contributed by atoms with Crippen LogP contribution in [0.25, 0.3) is 0 Å². The Morgan fingerprint density at radius 3 is 1.75 bits per heavy atom. The van der Waals surface area contributed by atoms with Gasteiger partial charge in [-0.1, -0.05) is 104 Å². The molecule has 44 heavy (non-hydrogen) atoms. The minimum atomic E-state index is -0.890. The monoisotopic (exact) mass is 600 g/mol. The highest BCUT2D eigenvalue weighted by Crippen LogP contribution is 2.33. The van der Waals surface area contributed by atoms with Gasteiger partial charge in [0.25, 0.3) is 0 Å². The van der Waals surface area contributed by atoms with Crippen LogP contribution in [0.5, 0.6) is 0 Å². The molecule has 7 nitrogen and oxygen atoms in total. The number of carbonyl (C=O) groups excluding carboxylic acids is 1. The van der Waals surface area contributed by atoms with E-state index in [1.165, 1.54) is 0 Å². The second kappa shape index (κ2) is 15.7. The summed E-state index contributed by atoms with van der Waals surface area (Å²) in [6, 6.07) is 30.0. The van der Waals surface area contributed by atoms with E-state index >= 15 is 0 Å². The maximum absolute atomic E-state index is 13.9. The lowest BCUT2D eigenvalue weighted by Gasteiger charge is -2.45. The fourth-order valence-electron chi connectivity index (χ4n) is 5.64. The van der Waals surface area contributed by atoms with Gasteiger partial charge in [-0.15, -0.1) is 0 Å². The standard InChI is InChI=1S/C37H44O7/c1-4-14-32-34(39-23-27-15-8-5-9-16-27)36(41-25-29-19-12-7-13-20-29)35(40-24-28-17-10-6-11-18-28)33(43-32)31(38)22-21-30-26-42-37(2,3)44-30/h5-13,15-22,30,32-36H,4,14,23-26H2,1-3H3/b22-21+/t30-,32?,33+,34-,35+,36+/m0/s1. The molecule has 2 aliphatic rings. The third-order valence-electron chi connectivity index (χ3n) is 7.85. The Bertz CT molecular complexity index is 1310.